The van der Waals surface area contributed by atoms with Gasteiger partial charge in [0.05, 0.1) is 7.11 Å². The van der Waals surface area contributed by atoms with E-state index in [-0.39, 0.29) is 17.6 Å². The van der Waals surface area contributed by atoms with E-state index in [1.54, 1.807) is 7.11 Å². The zero-order valence-electron chi connectivity index (χ0n) is 14.6. The minimum atomic E-state index is -0.0874. The molecule has 3 rings (SSSR count). The van der Waals surface area contributed by atoms with Gasteiger partial charge in [0.2, 0.25) is 0 Å². The van der Waals surface area contributed by atoms with Crippen LogP contribution in [0.5, 0.6) is 5.75 Å². The molecule has 0 radical (unpaired) electrons. The average molecular weight is 336 g/mol. The van der Waals surface area contributed by atoms with Crippen LogP contribution in [-0.4, -0.2) is 18.7 Å². The molecule has 0 unspecified atom stereocenters. The molecule has 2 aromatic carbocycles. The third-order valence-electron chi connectivity index (χ3n) is 5.11. The largest absolute Gasteiger partial charge is 0.497 e. The minimum Gasteiger partial charge on any atom is -0.497 e. The van der Waals surface area contributed by atoms with E-state index in [9.17, 15) is 9.59 Å². The molecular weight excluding hydrogens is 312 g/mol. The van der Waals surface area contributed by atoms with Crippen LogP contribution >= 0.6 is 0 Å². The van der Waals surface area contributed by atoms with Crippen molar-refractivity contribution in [2.75, 3.05) is 7.11 Å². The van der Waals surface area contributed by atoms with Crippen molar-refractivity contribution in [1.29, 1.82) is 0 Å². The summed E-state index contributed by atoms with van der Waals surface area (Å²) in [5.41, 5.74) is 1.72. The molecule has 0 saturated heterocycles. The van der Waals surface area contributed by atoms with Gasteiger partial charge in [0.15, 0.2) is 5.78 Å². The van der Waals surface area contributed by atoms with Crippen LogP contribution in [0.2, 0.25) is 0 Å². The fraction of sp³-hybridized carbons (Fsp3) is 0.364. The van der Waals surface area contributed by atoms with Gasteiger partial charge in [-0.25, -0.2) is 0 Å². The first-order chi connectivity index (χ1) is 12.2. The summed E-state index contributed by atoms with van der Waals surface area (Å²) in [5.74, 6) is 0.980. The Morgan fingerprint density at radius 1 is 1.12 bits per heavy atom. The Kier molecular flexibility index (Phi) is 5.64. The molecule has 1 aliphatic carbocycles. The van der Waals surface area contributed by atoms with Crippen molar-refractivity contribution in [3.63, 3.8) is 0 Å². The van der Waals surface area contributed by atoms with Gasteiger partial charge >= 0.3 is 0 Å². The highest BCUT2D eigenvalue weighted by Gasteiger charge is 2.33. The van der Waals surface area contributed by atoms with Gasteiger partial charge < -0.3 is 4.74 Å². The molecule has 0 amide bonds. The number of methoxy groups -OCH3 is 1. The number of ketones is 2. The number of Topliss-reactive ketones (excluding diaryl/α,β-unsaturated/α-hetero) is 2. The number of benzene rings is 2. The first kappa shape index (κ1) is 17.4. The van der Waals surface area contributed by atoms with Gasteiger partial charge in [0.25, 0.3) is 0 Å². The minimum absolute atomic E-state index is 0.0754. The molecule has 1 fully saturated rings. The van der Waals surface area contributed by atoms with Crippen LogP contribution in [0.25, 0.3) is 0 Å². The third-order valence-corrected chi connectivity index (χ3v) is 5.11. The monoisotopic (exact) mass is 336 g/mol. The van der Waals surface area contributed by atoms with Crippen LogP contribution in [0.4, 0.5) is 0 Å². The molecule has 0 bridgehead atoms. The molecule has 1 saturated carbocycles. The molecule has 0 heterocycles. The Bertz CT molecular complexity index is 736. The zero-order chi connectivity index (χ0) is 17.6. The van der Waals surface area contributed by atoms with Crippen LogP contribution in [0, 0.1) is 5.92 Å². The molecule has 25 heavy (non-hydrogen) atoms. The summed E-state index contributed by atoms with van der Waals surface area (Å²) in [4.78, 5) is 25.3. The summed E-state index contributed by atoms with van der Waals surface area (Å²) < 4.78 is 5.34. The second-order valence-corrected chi connectivity index (χ2v) is 6.70. The van der Waals surface area contributed by atoms with E-state index in [2.05, 4.69) is 0 Å². The van der Waals surface area contributed by atoms with E-state index in [0.717, 1.165) is 30.6 Å². The van der Waals surface area contributed by atoms with Gasteiger partial charge in [-0.15, -0.1) is 0 Å². The summed E-state index contributed by atoms with van der Waals surface area (Å²) in [6.45, 7) is 0. The summed E-state index contributed by atoms with van der Waals surface area (Å²) in [7, 11) is 1.63. The van der Waals surface area contributed by atoms with E-state index in [1.165, 1.54) is 0 Å². The molecule has 1 aliphatic rings. The Balaban J connectivity index is 1.90. The van der Waals surface area contributed by atoms with Crippen molar-refractivity contribution in [3.05, 3.63) is 65.7 Å². The molecule has 0 aliphatic heterocycles. The number of rotatable bonds is 6. The molecule has 3 heteroatoms. The van der Waals surface area contributed by atoms with Crippen molar-refractivity contribution in [1.82, 2.24) is 0 Å². The van der Waals surface area contributed by atoms with E-state index < -0.39 is 0 Å². The maximum Gasteiger partial charge on any atom is 0.163 e. The Morgan fingerprint density at radius 2 is 1.92 bits per heavy atom. The summed E-state index contributed by atoms with van der Waals surface area (Å²) in [6, 6.07) is 17.1. The molecule has 0 spiro atoms. The second-order valence-electron chi connectivity index (χ2n) is 6.70. The van der Waals surface area contributed by atoms with Gasteiger partial charge in [-0.3, -0.25) is 9.59 Å². The normalized spacial score (nSPS) is 18.6. The number of hydrogen-bond donors (Lipinski definition) is 0. The smallest absolute Gasteiger partial charge is 0.163 e. The highest BCUT2D eigenvalue weighted by Crippen LogP contribution is 2.38. The topological polar surface area (TPSA) is 43.4 Å². The van der Waals surface area contributed by atoms with E-state index >= 15 is 0 Å². The highest BCUT2D eigenvalue weighted by atomic mass is 16.5. The highest BCUT2D eigenvalue weighted by molar-refractivity contribution is 5.97. The fourth-order valence-electron chi connectivity index (χ4n) is 3.74. The first-order valence-corrected chi connectivity index (χ1v) is 8.94. The van der Waals surface area contributed by atoms with Crippen molar-refractivity contribution in [2.24, 2.45) is 5.92 Å². The quantitative estimate of drug-likeness (QED) is 0.711. The molecule has 2 aromatic rings. The van der Waals surface area contributed by atoms with E-state index in [0.29, 0.717) is 24.2 Å². The number of carbonyl (C=O) groups excluding carboxylic acids is 2. The predicted molar refractivity (Wildman–Crippen MR) is 98.1 cm³/mol. The van der Waals surface area contributed by atoms with Gasteiger partial charge in [0, 0.05) is 30.2 Å². The lowest BCUT2D eigenvalue weighted by molar-refractivity contribution is -0.125. The Labute approximate surface area is 149 Å². The summed E-state index contributed by atoms with van der Waals surface area (Å²) >= 11 is 0. The van der Waals surface area contributed by atoms with E-state index in [1.807, 2.05) is 54.6 Å². The van der Waals surface area contributed by atoms with E-state index in [4.69, 9.17) is 4.74 Å². The number of ether oxygens (including phenoxy) is 1. The maximum atomic E-state index is 12.8. The van der Waals surface area contributed by atoms with Gasteiger partial charge in [-0.2, -0.15) is 0 Å². The summed E-state index contributed by atoms with van der Waals surface area (Å²) in [6.07, 6.45) is 3.87. The molecule has 0 N–H and O–H groups in total. The third kappa shape index (κ3) is 4.16. The molecule has 130 valence electrons. The lowest BCUT2D eigenvalue weighted by atomic mass is 9.73. The van der Waals surface area contributed by atoms with Crippen molar-refractivity contribution in [2.45, 2.75) is 38.0 Å². The second kappa shape index (κ2) is 8.11. The van der Waals surface area contributed by atoms with Crippen LogP contribution in [-0.2, 0) is 4.79 Å². The standard InChI is InChI=1S/C22H24O3/c1-25-18-11-7-10-17(14-18)20(19-12-5-6-13-21(19)23)15-22(24)16-8-3-2-4-9-16/h2-4,7-11,14,19-20H,5-6,12-13,15H2,1H3/t19-,20-/m0/s1. The van der Waals surface area contributed by atoms with Gasteiger partial charge in [-0.05, 0) is 30.5 Å². The van der Waals surface area contributed by atoms with Crippen LogP contribution in [0.3, 0.4) is 0 Å². The SMILES string of the molecule is COc1cccc([C@H](CC(=O)c2ccccc2)[C@@H]2CCCCC2=O)c1. The predicted octanol–water partition coefficient (Wildman–Crippen LogP) is 4.81. The number of carbonyl (C=O) groups is 2. The van der Waals surface area contributed by atoms with Crippen molar-refractivity contribution < 1.29 is 14.3 Å². The van der Waals surface area contributed by atoms with Crippen molar-refractivity contribution >= 4 is 11.6 Å². The average Bonchev–Trinajstić information content (AvgIpc) is 2.67. The fourth-order valence-corrected chi connectivity index (χ4v) is 3.74. The molecule has 0 aromatic heterocycles. The first-order valence-electron chi connectivity index (χ1n) is 8.94. The van der Waals surface area contributed by atoms with Crippen LogP contribution in [0.15, 0.2) is 54.6 Å². The van der Waals surface area contributed by atoms with Gasteiger partial charge in [-0.1, -0.05) is 48.9 Å². The lowest BCUT2D eigenvalue weighted by Crippen LogP contribution is -2.27. The Morgan fingerprint density at radius 3 is 2.64 bits per heavy atom. The summed E-state index contributed by atoms with van der Waals surface area (Å²) in [5, 5.41) is 0. The van der Waals surface area contributed by atoms with Crippen LogP contribution < -0.4 is 4.74 Å². The van der Waals surface area contributed by atoms with Crippen molar-refractivity contribution in [3.8, 4) is 5.75 Å². The molecule has 2 atom stereocenters. The zero-order valence-corrected chi connectivity index (χ0v) is 14.6. The number of hydrogen-bond acceptors (Lipinski definition) is 3. The van der Waals surface area contributed by atoms with Gasteiger partial charge in [0.1, 0.15) is 11.5 Å². The Hall–Kier alpha value is -2.42. The molecule has 3 nitrogen and oxygen atoms in total. The molecular formula is C22H24O3. The van der Waals surface area contributed by atoms with Crippen LogP contribution in [0.1, 0.15) is 53.9 Å². The lowest BCUT2D eigenvalue weighted by Gasteiger charge is -2.29. The maximum absolute atomic E-state index is 12.8.